The van der Waals surface area contributed by atoms with E-state index in [9.17, 15) is 14.4 Å². The molecule has 1 aliphatic rings. The number of benzene rings is 1. The molecule has 0 radical (unpaired) electrons. The van der Waals surface area contributed by atoms with Crippen LogP contribution in [0.15, 0.2) is 65.5 Å². The zero-order valence-electron chi connectivity index (χ0n) is 25.3. The molecule has 11 heteroatoms. The number of hydrogen-bond donors (Lipinski definition) is 2. The van der Waals surface area contributed by atoms with E-state index in [4.69, 9.17) is 13.9 Å². The molecule has 44 heavy (non-hydrogen) atoms. The number of amides is 3. The normalized spacial score (nSPS) is 14.9. The molecule has 228 valence electrons. The summed E-state index contributed by atoms with van der Waals surface area (Å²) in [6.07, 6.45) is 8.30. The van der Waals surface area contributed by atoms with Crippen LogP contribution in [0.25, 0.3) is 17.0 Å². The number of pyridine rings is 2. The number of hydrogen-bond acceptors (Lipinski definition) is 8. The highest BCUT2D eigenvalue weighted by Crippen LogP contribution is 2.31. The number of furan rings is 1. The van der Waals surface area contributed by atoms with Gasteiger partial charge in [0.25, 0.3) is 0 Å². The number of alkyl carbamates (subject to hydrolysis) is 1. The van der Waals surface area contributed by atoms with Crippen LogP contribution in [0.4, 0.5) is 10.6 Å². The highest BCUT2D eigenvalue weighted by Gasteiger charge is 2.28. The molecule has 0 saturated heterocycles. The van der Waals surface area contributed by atoms with Crippen molar-refractivity contribution in [2.24, 2.45) is 0 Å². The number of nitrogens with one attached hydrogen (secondary N) is 2. The predicted molar refractivity (Wildman–Crippen MR) is 165 cm³/mol. The summed E-state index contributed by atoms with van der Waals surface area (Å²) in [5, 5.41) is 6.31. The van der Waals surface area contributed by atoms with Gasteiger partial charge in [0.15, 0.2) is 0 Å². The molecule has 1 aromatic carbocycles. The van der Waals surface area contributed by atoms with E-state index in [2.05, 4.69) is 20.6 Å². The Morgan fingerprint density at radius 2 is 2.00 bits per heavy atom. The first-order valence-corrected chi connectivity index (χ1v) is 14.3. The van der Waals surface area contributed by atoms with Crippen molar-refractivity contribution in [1.82, 2.24) is 20.2 Å². The number of ether oxygens (including phenoxy) is 2. The minimum atomic E-state index is -0.754. The SMILES string of the molecule is Cc1c(CN(C)C(=O)/C=C/c2cnc3c(c2)CCC(NC(=O)OC(C)(C)C)C(=O)N3)oc2ccc(Oc3cccnc3)cc12. The predicted octanol–water partition coefficient (Wildman–Crippen LogP) is 5.77. The van der Waals surface area contributed by atoms with Crippen molar-refractivity contribution in [2.45, 2.75) is 58.7 Å². The molecule has 11 nitrogen and oxygen atoms in total. The van der Waals surface area contributed by atoms with Gasteiger partial charge in [-0.15, -0.1) is 0 Å². The Hall–Kier alpha value is -5.19. The molecular formula is C33H35N5O6. The third-order valence-electron chi connectivity index (χ3n) is 6.99. The molecule has 4 heterocycles. The fourth-order valence-corrected chi connectivity index (χ4v) is 4.74. The van der Waals surface area contributed by atoms with Gasteiger partial charge in [-0.25, -0.2) is 9.78 Å². The largest absolute Gasteiger partial charge is 0.459 e. The molecular weight excluding hydrogens is 562 g/mol. The average molecular weight is 598 g/mol. The number of carbonyl (C=O) groups is 3. The summed E-state index contributed by atoms with van der Waals surface area (Å²) in [6.45, 7) is 7.51. The van der Waals surface area contributed by atoms with Gasteiger partial charge in [-0.05, 0) is 94.1 Å². The monoisotopic (exact) mass is 597 g/mol. The maximum Gasteiger partial charge on any atom is 0.408 e. The van der Waals surface area contributed by atoms with Crippen molar-refractivity contribution in [3.05, 3.63) is 83.5 Å². The van der Waals surface area contributed by atoms with E-state index >= 15 is 0 Å². The van der Waals surface area contributed by atoms with Gasteiger partial charge >= 0.3 is 6.09 Å². The van der Waals surface area contributed by atoms with Crippen molar-refractivity contribution in [3.8, 4) is 11.5 Å². The van der Waals surface area contributed by atoms with Crippen molar-refractivity contribution in [2.75, 3.05) is 12.4 Å². The maximum atomic E-state index is 13.0. The van der Waals surface area contributed by atoms with Gasteiger partial charge in [-0.2, -0.15) is 0 Å². The average Bonchev–Trinajstić information content (AvgIpc) is 3.18. The molecule has 0 spiro atoms. The second-order valence-corrected chi connectivity index (χ2v) is 11.6. The zero-order chi connectivity index (χ0) is 31.4. The van der Waals surface area contributed by atoms with Crippen molar-refractivity contribution in [1.29, 1.82) is 0 Å². The Balaban J connectivity index is 1.21. The molecule has 3 amide bonds. The molecule has 0 bridgehead atoms. The number of aromatic nitrogens is 2. The minimum Gasteiger partial charge on any atom is -0.459 e. The van der Waals surface area contributed by atoms with Gasteiger partial charge in [0.2, 0.25) is 11.8 Å². The summed E-state index contributed by atoms with van der Waals surface area (Å²) in [7, 11) is 1.71. The van der Waals surface area contributed by atoms with Gasteiger partial charge in [0, 0.05) is 36.5 Å². The van der Waals surface area contributed by atoms with Gasteiger partial charge < -0.3 is 29.4 Å². The zero-order valence-corrected chi connectivity index (χ0v) is 25.3. The quantitative estimate of drug-likeness (QED) is 0.256. The second-order valence-electron chi connectivity index (χ2n) is 11.6. The summed E-state index contributed by atoms with van der Waals surface area (Å²) in [4.78, 5) is 47.9. The molecule has 2 N–H and O–H groups in total. The van der Waals surface area contributed by atoms with E-state index in [1.165, 1.54) is 6.08 Å². The molecule has 0 aliphatic carbocycles. The van der Waals surface area contributed by atoms with Crippen LogP contribution < -0.4 is 15.4 Å². The van der Waals surface area contributed by atoms with Crippen LogP contribution in [0.3, 0.4) is 0 Å². The number of carbonyl (C=O) groups excluding carboxylic acids is 3. The van der Waals surface area contributed by atoms with E-state index in [1.807, 2.05) is 43.3 Å². The van der Waals surface area contributed by atoms with Crippen LogP contribution in [0.1, 0.15) is 49.6 Å². The Morgan fingerprint density at radius 1 is 1.18 bits per heavy atom. The highest BCUT2D eigenvalue weighted by molar-refractivity contribution is 5.97. The summed E-state index contributed by atoms with van der Waals surface area (Å²) >= 11 is 0. The van der Waals surface area contributed by atoms with Crippen molar-refractivity contribution < 1.29 is 28.3 Å². The fraction of sp³-hybridized carbons (Fsp3) is 0.303. The lowest BCUT2D eigenvalue weighted by molar-refractivity contribution is -0.125. The van der Waals surface area contributed by atoms with Crippen LogP contribution in [-0.2, 0) is 27.3 Å². The number of rotatable bonds is 7. The van der Waals surface area contributed by atoms with E-state index in [0.717, 1.165) is 16.5 Å². The summed E-state index contributed by atoms with van der Waals surface area (Å²) in [5.41, 5.74) is 2.48. The molecule has 4 aromatic rings. The topological polar surface area (TPSA) is 136 Å². The lowest BCUT2D eigenvalue weighted by Gasteiger charge is -2.22. The summed E-state index contributed by atoms with van der Waals surface area (Å²) in [6, 6.07) is 10.4. The molecule has 5 rings (SSSR count). The van der Waals surface area contributed by atoms with Gasteiger partial charge in [0.05, 0.1) is 12.7 Å². The first-order chi connectivity index (χ1) is 20.9. The summed E-state index contributed by atoms with van der Waals surface area (Å²) < 4.78 is 17.2. The standard InChI is InChI=1S/C33H35N5O6/c1-20-25-16-23(42-24-7-6-14-34-18-24)10-12-27(25)43-28(20)19-38(5)29(39)13-8-21-15-22-9-11-26(31(40)37-30(22)35-17-21)36-32(41)44-33(2,3)4/h6-8,10,12-18,26H,9,11,19H2,1-5H3,(H,36,41)(H,35,37,40)/b13-8+. The number of aryl methyl sites for hydroxylation is 2. The van der Waals surface area contributed by atoms with Crippen molar-refractivity contribution in [3.63, 3.8) is 0 Å². The third-order valence-corrected chi connectivity index (χ3v) is 6.99. The molecule has 1 aliphatic heterocycles. The Morgan fingerprint density at radius 3 is 2.75 bits per heavy atom. The minimum absolute atomic E-state index is 0.213. The molecule has 3 aromatic heterocycles. The first kappa shape index (κ1) is 30.3. The third kappa shape index (κ3) is 7.41. The van der Waals surface area contributed by atoms with Gasteiger partial charge in [0.1, 0.15) is 40.3 Å². The molecule has 1 unspecified atom stereocenters. The number of anilines is 1. The lowest BCUT2D eigenvalue weighted by atomic mass is 10.1. The van der Waals surface area contributed by atoms with E-state index < -0.39 is 17.7 Å². The Bertz CT molecular complexity index is 1720. The van der Waals surface area contributed by atoms with Gasteiger partial charge in [-0.3, -0.25) is 14.6 Å². The van der Waals surface area contributed by atoms with Crippen LogP contribution in [0.2, 0.25) is 0 Å². The van der Waals surface area contributed by atoms with E-state index in [1.54, 1.807) is 57.4 Å². The Kier molecular flexibility index (Phi) is 8.66. The van der Waals surface area contributed by atoms with Gasteiger partial charge in [-0.1, -0.05) is 0 Å². The maximum absolute atomic E-state index is 13.0. The van der Waals surface area contributed by atoms with Crippen LogP contribution in [-0.4, -0.2) is 51.5 Å². The number of fused-ring (bicyclic) bond motifs is 2. The van der Waals surface area contributed by atoms with Crippen LogP contribution in [0, 0.1) is 6.92 Å². The van der Waals surface area contributed by atoms with E-state index in [-0.39, 0.29) is 18.4 Å². The first-order valence-electron chi connectivity index (χ1n) is 14.3. The number of nitrogens with zero attached hydrogens (tertiary/aromatic N) is 3. The van der Waals surface area contributed by atoms with Crippen molar-refractivity contribution >= 4 is 40.8 Å². The van der Waals surface area contributed by atoms with Crippen LogP contribution >= 0.6 is 0 Å². The summed E-state index contributed by atoms with van der Waals surface area (Å²) in [5.74, 6) is 1.84. The highest BCUT2D eigenvalue weighted by atomic mass is 16.6. The van der Waals surface area contributed by atoms with E-state index in [0.29, 0.717) is 47.1 Å². The van der Waals surface area contributed by atoms with Crippen LogP contribution in [0.5, 0.6) is 11.5 Å². The smallest absolute Gasteiger partial charge is 0.408 e. The molecule has 0 saturated carbocycles. The number of likely N-dealkylation sites (N-methyl/N-ethyl adjacent to an activating group) is 1. The Labute approximate surface area is 255 Å². The second kappa shape index (κ2) is 12.6. The fourth-order valence-electron chi connectivity index (χ4n) is 4.74. The molecule has 0 fully saturated rings. The lowest BCUT2D eigenvalue weighted by Crippen LogP contribution is -2.45. The molecule has 1 atom stereocenters.